The summed E-state index contributed by atoms with van der Waals surface area (Å²) in [5.41, 5.74) is 1.63. The summed E-state index contributed by atoms with van der Waals surface area (Å²) in [6.45, 7) is 1.65. The minimum Gasteiger partial charge on any atom is -0.277 e. The molecule has 5 nitrogen and oxygen atoms in total. The zero-order valence-electron chi connectivity index (χ0n) is 10.8. The number of nitrogens with zero attached hydrogens (tertiary/aromatic N) is 3. The van der Waals surface area contributed by atoms with Crippen molar-refractivity contribution in [2.24, 2.45) is 5.10 Å². The molecular formula is C12H11F3N4OS. The fourth-order valence-corrected chi connectivity index (χ4v) is 2.50. The first-order valence-corrected chi connectivity index (χ1v) is 6.74. The second kappa shape index (κ2) is 6.08. The van der Waals surface area contributed by atoms with Gasteiger partial charge in [-0.3, -0.25) is 9.48 Å². The van der Waals surface area contributed by atoms with Gasteiger partial charge in [0.15, 0.2) is 5.69 Å². The van der Waals surface area contributed by atoms with Crippen molar-refractivity contribution in [1.82, 2.24) is 15.2 Å². The minimum atomic E-state index is -4.49. The van der Waals surface area contributed by atoms with E-state index >= 15 is 0 Å². The molecule has 1 atom stereocenters. The molecule has 0 spiro atoms. The van der Waals surface area contributed by atoms with Gasteiger partial charge in [0.25, 0.3) is 0 Å². The van der Waals surface area contributed by atoms with Gasteiger partial charge in [0.2, 0.25) is 6.41 Å². The van der Waals surface area contributed by atoms with Crippen LogP contribution >= 0.6 is 11.3 Å². The number of hydrogen-bond donors (Lipinski definition) is 1. The molecule has 0 fully saturated rings. The van der Waals surface area contributed by atoms with Crippen molar-refractivity contribution in [3.63, 3.8) is 0 Å². The molecule has 2 aromatic rings. The van der Waals surface area contributed by atoms with Gasteiger partial charge >= 0.3 is 6.18 Å². The van der Waals surface area contributed by atoms with E-state index in [1.165, 1.54) is 17.5 Å². The highest BCUT2D eigenvalue weighted by atomic mass is 32.1. The molecule has 1 unspecified atom stereocenters. The molecular weight excluding hydrogens is 305 g/mol. The number of halogens is 3. The Kier molecular flexibility index (Phi) is 4.41. The Morgan fingerprint density at radius 2 is 2.29 bits per heavy atom. The summed E-state index contributed by atoms with van der Waals surface area (Å²) < 4.78 is 38.9. The van der Waals surface area contributed by atoms with Gasteiger partial charge in [-0.1, -0.05) is 6.07 Å². The van der Waals surface area contributed by atoms with E-state index in [9.17, 15) is 18.0 Å². The first-order chi connectivity index (χ1) is 9.93. The number of carbonyl (C=O) groups is 1. The van der Waals surface area contributed by atoms with E-state index in [0.717, 1.165) is 15.6 Å². The van der Waals surface area contributed by atoms with Crippen molar-refractivity contribution in [3.05, 3.63) is 40.3 Å². The maximum absolute atomic E-state index is 12.6. The van der Waals surface area contributed by atoms with Crippen LogP contribution < -0.4 is 5.43 Å². The highest BCUT2D eigenvalue weighted by Gasteiger charge is 2.34. The van der Waals surface area contributed by atoms with Crippen molar-refractivity contribution >= 4 is 23.5 Å². The number of thiophene rings is 1. The molecule has 0 aliphatic carbocycles. The van der Waals surface area contributed by atoms with E-state index in [4.69, 9.17) is 0 Å². The predicted octanol–water partition coefficient (Wildman–Crippen LogP) is 2.67. The van der Waals surface area contributed by atoms with Gasteiger partial charge in [-0.05, 0) is 24.4 Å². The number of alkyl halides is 3. The Morgan fingerprint density at radius 1 is 1.52 bits per heavy atom. The zero-order valence-corrected chi connectivity index (χ0v) is 11.6. The Labute approximate surface area is 122 Å². The van der Waals surface area contributed by atoms with Gasteiger partial charge < -0.3 is 0 Å². The van der Waals surface area contributed by atoms with Gasteiger partial charge in [-0.25, -0.2) is 5.43 Å². The first-order valence-electron chi connectivity index (χ1n) is 5.86. The molecule has 2 heterocycles. The number of aromatic nitrogens is 2. The third-order valence-corrected chi connectivity index (χ3v) is 3.60. The summed E-state index contributed by atoms with van der Waals surface area (Å²) in [7, 11) is 0. The third-order valence-electron chi connectivity index (χ3n) is 2.70. The van der Waals surface area contributed by atoms with Gasteiger partial charge in [0.1, 0.15) is 5.71 Å². The van der Waals surface area contributed by atoms with Crippen molar-refractivity contribution in [3.8, 4) is 0 Å². The van der Waals surface area contributed by atoms with Crippen LogP contribution in [-0.2, 0) is 11.0 Å². The number of amides is 1. The van der Waals surface area contributed by atoms with Crippen LogP contribution in [0.3, 0.4) is 0 Å². The SMILES string of the molecule is CC(/C(=N\NC=O)c1cccs1)n1ccc(C(F)(F)F)n1. The number of nitrogens with one attached hydrogen (secondary N) is 1. The summed E-state index contributed by atoms with van der Waals surface area (Å²) >= 11 is 1.37. The van der Waals surface area contributed by atoms with Gasteiger partial charge in [0.05, 0.1) is 10.9 Å². The molecule has 1 amide bonds. The monoisotopic (exact) mass is 316 g/mol. The van der Waals surface area contributed by atoms with E-state index in [2.05, 4.69) is 15.6 Å². The number of hydrogen-bond acceptors (Lipinski definition) is 4. The normalized spacial score (nSPS) is 14.0. The third kappa shape index (κ3) is 3.48. The Bertz CT molecular complexity index is 633. The molecule has 1 N–H and O–H groups in total. The lowest BCUT2D eigenvalue weighted by atomic mass is 10.2. The molecule has 2 aromatic heterocycles. The summed E-state index contributed by atoms with van der Waals surface area (Å²) in [5, 5.41) is 9.23. The smallest absolute Gasteiger partial charge is 0.277 e. The topological polar surface area (TPSA) is 59.3 Å². The van der Waals surface area contributed by atoms with Crippen LogP contribution in [0.15, 0.2) is 34.9 Å². The first kappa shape index (κ1) is 15.2. The Morgan fingerprint density at radius 3 is 2.81 bits per heavy atom. The lowest BCUT2D eigenvalue weighted by molar-refractivity contribution is -0.141. The highest BCUT2D eigenvalue weighted by Crippen LogP contribution is 2.28. The standard InChI is InChI=1S/C12H11F3N4OS/c1-8(19-5-4-10(18-19)12(13,14)15)11(17-16-7-20)9-3-2-6-21-9/h2-8H,1H3,(H,16,20)/b17-11+. The van der Waals surface area contributed by atoms with Crippen LogP contribution in [0.2, 0.25) is 0 Å². The Hall–Kier alpha value is -2.16. The number of rotatable bonds is 5. The lowest BCUT2D eigenvalue weighted by Crippen LogP contribution is -2.21. The fourth-order valence-electron chi connectivity index (χ4n) is 1.70. The number of hydrazone groups is 1. The van der Waals surface area contributed by atoms with Crippen LogP contribution in [0.5, 0.6) is 0 Å². The van der Waals surface area contributed by atoms with Gasteiger partial charge in [0, 0.05) is 6.20 Å². The van der Waals surface area contributed by atoms with E-state index in [-0.39, 0.29) is 0 Å². The average Bonchev–Trinajstić information content (AvgIpc) is 3.09. The Balaban J connectivity index is 2.32. The van der Waals surface area contributed by atoms with Gasteiger partial charge in [-0.2, -0.15) is 23.4 Å². The van der Waals surface area contributed by atoms with Gasteiger partial charge in [-0.15, -0.1) is 11.3 Å². The van der Waals surface area contributed by atoms with Crippen molar-refractivity contribution in [2.75, 3.05) is 0 Å². The van der Waals surface area contributed by atoms with Crippen LogP contribution in [-0.4, -0.2) is 21.9 Å². The van der Waals surface area contributed by atoms with Crippen molar-refractivity contribution in [1.29, 1.82) is 0 Å². The maximum atomic E-state index is 12.6. The second-order valence-corrected chi connectivity index (χ2v) is 5.02. The van der Waals surface area contributed by atoms with E-state index in [1.807, 2.05) is 5.38 Å². The average molecular weight is 316 g/mol. The van der Waals surface area contributed by atoms with E-state index < -0.39 is 17.9 Å². The molecule has 0 saturated heterocycles. The van der Waals surface area contributed by atoms with Crippen molar-refractivity contribution in [2.45, 2.75) is 19.1 Å². The molecule has 0 aliphatic heterocycles. The molecule has 0 radical (unpaired) electrons. The molecule has 0 aromatic carbocycles. The molecule has 0 saturated carbocycles. The molecule has 0 aliphatic rings. The number of carbonyl (C=O) groups excluding carboxylic acids is 1. The quantitative estimate of drug-likeness (QED) is 0.524. The summed E-state index contributed by atoms with van der Waals surface area (Å²) in [4.78, 5) is 11.1. The second-order valence-electron chi connectivity index (χ2n) is 4.08. The molecule has 9 heteroatoms. The van der Waals surface area contributed by atoms with Crippen molar-refractivity contribution < 1.29 is 18.0 Å². The zero-order chi connectivity index (χ0) is 15.5. The summed E-state index contributed by atoms with van der Waals surface area (Å²) in [6, 6.07) is 3.89. The van der Waals surface area contributed by atoms with E-state index in [0.29, 0.717) is 12.1 Å². The molecule has 21 heavy (non-hydrogen) atoms. The molecule has 2 rings (SSSR count). The predicted molar refractivity (Wildman–Crippen MR) is 72.0 cm³/mol. The highest BCUT2D eigenvalue weighted by molar-refractivity contribution is 7.12. The van der Waals surface area contributed by atoms with Crippen LogP contribution in [0.1, 0.15) is 23.5 Å². The summed E-state index contributed by atoms with van der Waals surface area (Å²) in [5.74, 6) is 0. The molecule has 112 valence electrons. The summed E-state index contributed by atoms with van der Waals surface area (Å²) in [6.07, 6.45) is -2.87. The van der Waals surface area contributed by atoms with E-state index in [1.54, 1.807) is 19.1 Å². The molecule has 0 bridgehead atoms. The van der Waals surface area contributed by atoms with Crippen LogP contribution in [0, 0.1) is 0 Å². The maximum Gasteiger partial charge on any atom is 0.435 e. The lowest BCUT2D eigenvalue weighted by Gasteiger charge is -2.14. The van der Waals surface area contributed by atoms with Crippen LogP contribution in [0.25, 0.3) is 0 Å². The fraction of sp³-hybridized carbons (Fsp3) is 0.250. The largest absolute Gasteiger partial charge is 0.435 e. The minimum absolute atomic E-state index is 0.393. The van der Waals surface area contributed by atoms with Crippen LogP contribution in [0.4, 0.5) is 13.2 Å².